The Kier molecular flexibility index (Phi) is 10.8. The van der Waals surface area contributed by atoms with Gasteiger partial charge in [0, 0.05) is 13.0 Å². The van der Waals surface area contributed by atoms with Crippen molar-refractivity contribution >= 4 is 35.5 Å². The van der Waals surface area contributed by atoms with Crippen molar-refractivity contribution in [3.63, 3.8) is 0 Å². The molecule has 0 spiro atoms. The van der Waals surface area contributed by atoms with Gasteiger partial charge in [0.15, 0.2) is 0 Å². The number of nitrogens with zero attached hydrogens (tertiary/aromatic N) is 1. The highest BCUT2D eigenvalue weighted by Crippen LogP contribution is 2.20. The minimum atomic E-state index is -1.29. The van der Waals surface area contributed by atoms with Crippen LogP contribution in [0.2, 0.25) is 0 Å². The quantitative estimate of drug-likeness (QED) is 0.215. The monoisotopic (exact) mass is 510 g/mol. The number of hydrogen-bond donors (Lipinski definition) is 6. The van der Waals surface area contributed by atoms with Gasteiger partial charge in [-0.25, -0.2) is 4.79 Å². The molecular formula is C23H34N4O7S. The molecule has 1 saturated heterocycles. The largest absolute Gasteiger partial charge is 0.508 e. The minimum Gasteiger partial charge on any atom is -0.508 e. The number of carboxylic acids is 1. The summed E-state index contributed by atoms with van der Waals surface area (Å²) in [5, 5.41) is 34.2. The zero-order valence-electron chi connectivity index (χ0n) is 19.8. The van der Waals surface area contributed by atoms with Gasteiger partial charge in [-0.3, -0.25) is 14.4 Å². The van der Waals surface area contributed by atoms with E-state index in [1.165, 1.54) is 35.7 Å². The zero-order chi connectivity index (χ0) is 26.1. The van der Waals surface area contributed by atoms with Crippen molar-refractivity contribution < 1.29 is 34.5 Å². The summed E-state index contributed by atoms with van der Waals surface area (Å²) in [6, 6.07) is 1.65. The number of phenolic OH excluding ortho intramolecular Hbond substituents is 1. The maximum absolute atomic E-state index is 13.2. The van der Waals surface area contributed by atoms with Crippen molar-refractivity contribution in [2.75, 3.05) is 18.6 Å². The topological polar surface area (TPSA) is 182 Å². The van der Waals surface area contributed by atoms with Gasteiger partial charge in [-0.15, -0.1) is 0 Å². The Morgan fingerprint density at radius 3 is 2.43 bits per heavy atom. The van der Waals surface area contributed by atoms with Crippen LogP contribution in [0.4, 0.5) is 0 Å². The molecule has 11 nitrogen and oxygen atoms in total. The van der Waals surface area contributed by atoms with Gasteiger partial charge in [0.05, 0.1) is 12.1 Å². The molecule has 0 aliphatic carbocycles. The number of likely N-dealkylation sites (tertiary alicyclic amines) is 1. The van der Waals surface area contributed by atoms with Crippen molar-refractivity contribution in [3.05, 3.63) is 29.8 Å². The third kappa shape index (κ3) is 8.11. The molecule has 0 aromatic heterocycles. The van der Waals surface area contributed by atoms with E-state index in [0.29, 0.717) is 30.6 Å². The summed E-state index contributed by atoms with van der Waals surface area (Å²) in [4.78, 5) is 51.6. The van der Waals surface area contributed by atoms with Crippen LogP contribution in [-0.4, -0.2) is 92.7 Å². The second kappa shape index (κ2) is 13.3. The number of nitrogens with one attached hydrogen (secondary N) is 2. The number of aliphatic hydroxyl groups is 1. The van der Waals surface area contributed by atoms with Crippen LogP contribution in [0.3, 0.4) is 0 Å². The fourth-order valence-electron chi connectivity index (χ4n) is 3.84. The SMILES string of the molecule is CSCCC(N)C(=O)NC(C(=O)N1CCCC1C(=O)NC(Cc1ccc(O)cc1)C(=O)O)C(C)O. The lowest BCUT2D eigenvalue weighted by Crippen LogP contribution is -2.59. The molecule has 5 atom stereocenters. The number of carbonyl (C=O) groups is 4. The number of aliphatic carboxylic acids is 1. The van der Waals surface area contributed by atoms with Crippen LogP contribution in [0.15, 0.2) is 24.3 Å². The predicted octanol–water partition coefficient (Wildman–Crippen LogP) is -0.559. The summed E-state index contributed by atoms with van der Waals surface area (Å²) in [6.45, 7) is 1.59. The highest BCUT2D eigenvalue weighted by molar-refractivity contribution is 7.98. The van der Waals surface area contributed by atoms with E-state index < -0.39 is 54.0 Å². The maximum Gasteiger partial charge on any atom is 0.326 e. The summed E-state index contributed by atoms with van der Waals surface area (Å²) in [6.07, 6.45) is 1.86. The molecule has 1 heterocycles. The van der Waals surface area contributed by atoms with E-state index in [9.17, 15) is 34.5 Å². The van der Waals surface area contributed by atoms with Crippen molar-refractivity contribution in [1.82, 2.24) is 15.5 Å². The first-order valence-electron chi connectivity index (χ1n) is 11.4. The Morgan fingerprint density at radius 1 is 1.20 bits per heavy atom. The molecule has 1 aromatic carbocycles. The summed E-state index contributed by atoms with van der Waals surface area (Å²) in [7, 11) is 0. The molecule has 35 heavy (non-hydrogen) atoms. The van der Waals surface area contributed by atoms with Gasteiger partial charge in [-0.2, -0.15) is 11.8 Å². The van der Waals surface area contributed by atoms with Gasteiger partial charge in [0.25, 0.3) is 0 Å². The molecule has 1 aliphatic rings. The first kappa shape index (κ1) is 28.4. The number of aromatic hydroxyl groups is 1. The lowest BCUT2D eigenvalue weighted by molar-refractivity contribution is -0.146. The van der Waals surface area contributed by atoms with Crippen LogP contribution in [0.1, 0.15) is 31.7 Å². The third-order valence-corrected chi connectivity index (χ3v) is 6.49. The Balaban J connectivity index is 2.09. The van der Waals surface area contributed by atoms with E-state index in [2.05, 4.69) is 10.6 Å². The molecule has 0 radical (unpaired) electrons. The first-order chi connectivity index (χ1) is 16.5. The van der Waals surface area contributed by atoms with E-state index in [0.717, 1.165) is 0 Å². The van der Waals surface area contributed by atoms with Gasteiger partial charge < -0.3 is 36.6 Å². The number of aliphatic hydroxyl groups excluding tert-OH is 1. The number of amides is 3. The minimum absolute atomic E-state index is 0.0116. The van der Waals surface area contributed by atoms with Gasteiger partial charge in [0.2, 0.25) is 17.7 Å². The lowest BCUT2D eigenvalue weighted by atomic mass is 10.0. The van der Waals surface area contributed by atoms with Crippen LogP contribution in [0.25, 0.3) is 0 Å². The van der Waals surface area contributed by atoms with Gasteiger partial charge in [-0.05, 0) is 55.9 Å². The van der Waals surface area contributed by atoms with E-state index in [-0.39, 0.29) is 18.7 Å². The van der Waals surface area contributed by atoms with Crippen LogP contribution in [0.5, 0.6) is 5.75 Å². The van der Waals surface area contributed by atoms with Gasteiger partial charge in [0.1, 0.15) is 23.9 Å². The van der Waals surface area contributed by atoms with Crippen molar-refractivity contribution in [2.45, 2.75) is 62.9 Å². The highest BCUT2D eigenvalue weighted by Gasteiger charge is 2.40. The second-order valence-corrected chi connectivity index (χ2v) is 9.56. The smallest absolute Gasteiger partial charge is 0.326 e. The molecule has 5 unspecified atom stereocenters. The standard InChI is InChI=1S/C23H34N4O7S/c1-13(28)19(26-20(30)16(24)9-11-35-2)22(32)27-10-3-4-18(27)21(31)25-17(23(33)34)12-14-5-7-15(29)8-6-14/h5-8,13,16-19,28-29H,3-4,9-12,24H2,1-2H3,(H,25,31)(H,26,30)(H,33,34). The molecule has 1 aliphatic heterocycles. The Labute approximate surface area is 208 Å². The fourth-order valence-corrected chi connectivity index (χ4v) is 4.33. The van der Waals surface area contributed by atoms with Crippen LogP contribution < -0.4 is 16.4 Å². The third-order valence-electron chi connectivity index (χ3n) is 5.85. The Morgan fingerprint density at radius 2 is 1.86 bits per heavy atom. The second-order valence-electron chi connectivity index (χ2n) is 8.57. The molecular weight excluding hydrogens is 476 g/mol. The molecule has 2 rings (SSSR count). The molecule has 1 fully saturated rings. The van der Waals surface area contributed by atoms with E-state index >= 15 is 0 Å². The predicted molar refractivity (Wildman–Crippen MR) is 131 cm³/mol. The lowest BCUT2D eigenvalue weighted by Gasteiger charge is -2.31. The van der Waals surface area contributed by atoms with E-state index in [4.69, 9.17) is 5.73 Å². The average Bonchev–Trinajstić information content (AvgIpc) is 3.31. The number of carbonyl (C=O) groups excluding carboxylic acids is 3. The maximum atomic E-state index is 13.2. The average molecular weight is 511 g/mol. The molecule has 0 saturated carbocycles. The number of hydrogen-bond acceptors (Lipinski definition) is 8. The molecule has 3 amide bonds. The summed E-state index contributed by atoms with van der Waals surface area (Å²) >= 11 is 1.53. The number of carboxylic acid groups (broad SMARTS) is 1. The van der Waals surface area contributed by atoms with Crippen LogP contribution in [0, 0.1) is 0 Å². The van der Waals surface area contributed by atoms with Crippen LogP contribution >= 0.6 is 11.8 Å². The Hall–Kier alpha value is -2.83. The highest BCUT2D eigenvalue weighted by atomic mass is 32.2. The Bertz CT molecular complexity index is 896. The molecule has 0 bridgehead atoms. The summed E-state index contributed by atoms with van der Waals surface area (Å²) < 4.78 is 0. The first-order valence-corrected chi connectivity index (χ1v) is 12.8. The number of benzene rings is 1. The number of rotatable bonds is 12. The normalized spacial score (nSPS) is 18.9. The molecule has 1 aromatic rings. The van der Waals surface area contributed by atoms with Crippen molar-refractivity contribution in [3.8, 4) is 5.75 Å². The fraction of sp³-hybridized carbons (Fsp3) is 0.565. The molecule has 12 heteroatoms. The van der Waals surface area contributed by atoms with E-state index in [1.54, 1.807) is 12.1 Å². The summed E-state index contributed by atoms with van der Waals surface area (Å²) in [5.41, 5.74) is 6.47. The number of phenols is 1. The molecule has 194 valence electrons. The van der Waals surface area contributed by atoms with E-state index in [1.807, 2.05) is 6.26 Å². The van der Waals surface area contributed by atoms with Gasteiger partial charge in [-0.1, -0.05) is 12.1 Å². The summed E-state index contributed by atoms with van der Waals surface area (Å²) in [5.74, 6) is -2.38. The number of thioether (sulfide) groups is 1. The van der Waals surface area contributed by atoms with Crippen LogP contribution in [-0.2, 0) is 25.6 Å². The van der Waals surface area contributed by atoms with Crippen molar-refractivity contribution in [2.24, 2.45) is 5.73 Å². The van der Waals surface area contributed by atoms with Gasteiger partial charge >= 0.3 is 5.97 Å². The zero-order valence-corrected chi connectivity index (χ0v) is 20.7. The molecule has 7 N–H and O–H groups in total. The number of nitrogens with two attached hydrogens (primary N) is 1. The van der Waals surface area contributed by atoms with Crippen molar-refractivity contribution in [1.29, 1.82) is 0 Å².